The van der Waals surface area contributed by atoms with E-state index in [0.29, 0.717) is 27.7 Å². The number of carbonyl (C=O) groups is 3. The molecule has 0 bridgehead atoms. The number of aryl methyl sites for hydroxylation is 1. The molecule has 11 heteroatoms. The van der Waals surface area contributed by atoms with E-state index in [1.807, 2.05) is 19.1 Å². The molecule has 1 aliphatic heterocycles. The Kier molecular flexibility index (Phi) is 10.1. The number of esters is 1. The number of hydrogen-bond donors (Lipinski definition) is 1. The molecule has 0 radical (unpaired) electrons. The SMILES string of the molecule is C=C=C(C(=O)OC(c1ccccc1)c1ccccc1)N1C(=O)[C@@H](NC(=O)COc2ccccc2)[C@H]1SS(=O)(=O)c1ccc(C)cc1. The maximum absolute atomic E-state index is 13.7. The molecule has 0 saturated carbocycles. The predicted molar refractivity (Wildman–Crippen MR) is 174 cm³/mol. The van der Waals surface area contributed by atoms with Gasteiger partial charge in [-0.2, -0.15) is 0 Å². The van der Waals surface area contributed by atoms with Crippen molar-refractivity contribution < 1.29 is 32.3 Å². The van der Waals surface area contributed by atoms with Crippen molar-refractivity contribution in [3.8, 4) is 5.75 Å². The van der Waals surface area contributed by atoms with E-state index >= 15 is 0 Å². The molecule has 234 valence electrons. The summed E-state index contributed by atoms with van der Waals surface area (Å²) in [5, 5.41) is 1.31. The number of amides is 2. The number of nitrogens with one attached hydrogen (secondary N) is 1. The van der Waals surface area contributed by atoms with Crippen LogP contribution in [0.25, 0.3) is 0 Å². The van der Waals surface area contributed by atoms with E-state index in [2.05, 4.69) is 17.6 Å². The topological polar surface area (TPSA) is 119 Å². The lowest BCUT2D eigenvalue weighted by Gasteiger charge is -2.45. The lowest BCUT2D eigenvalue weighted by Crippen LogP contribution is -2.69. The molecule has 0 aromatic heterocycles. The maximum atomic E-state index is 13.7. The number of likely N-dealkylation sites (tertiary alicyclic amines) is 1. The van der Waals surface area contributed by atoms with Crippen molar-refractivity contribution in [2.24, 2.45) is 0 Å². The Morgan fingerprint density at radius 2 is 1.43 bits per heavy atom. The Balaban J connectivity index is 1.40. The Labute approximate surface area is 270 Å². The molecule has 1 saturated heterocycles. The highest BCUT2D eigenvalue weighted by atomic mass is 33.1. The van der Waals surface area contributed by atoms with E-state index in [1.165, 1.54) is 12.1 Å². The molecule has 46 heavy (non-hydrogen) atoms. The van der Waals surface area contributed by atoms with Crippen LogP contribution in [-0.2, 0) is 28.0 Å². The molecule has 4 aromatic carbocycles. The van der Waals surface area contributed by atoms with Crippen LogP contribution >= 0.6 is 10.8 Å². The number of ether oxygens (including phenoxy) is 2. The van der Waals surface area contributed by atoms with Crippen LogP contribution in [-0.4, -0.2) is 49.1 Å². The minimum atomic E-state index is -4.07. The van der Waals surface area contributed by atoms with Crippen LogP contribution in [0.2, 0.25) is 0 Å². The summed E-state index contributed by atoms with van der Waals surface area (Å²) in [5.41, 5.74) is 4.31. The Hall–Kier alpha value is -5.09. The summed E-state index contributed by atoms with van der Waals surface area (Å²) in [5.74, 6) is -1.89. The molecular weight excluding hydrogens is 625 g/mol. The van der Waals surface area contributed by atoms with Crippen LogP contribution in [0.1, 0.15) is 22.8 Å². The van der Waals surface area contributed by atoms with Crippen LogP contribution in [0.3, 0.4) is 0 Å². The van der Waals surface area contributed by atoms with Crippen molar-refractivity contribution in [2.75, 3.05) is 6.61 Å². The van der Waals surface area contributed by atoms with Crippen molar-refractivity contribution in [1.82, 2.24) is 10.2 Å². The third-order valence-corrected chi connectivity index (χ3v) is 10.8. The highest BCUT2D eigenvalue weighted by molar-refractivity contribution is 8.72. The molecular formula is C35H30N2O7S2. The van der Waals surface area contributed by atoms with Crippen molar-refractivity contribution in [1.29, 1.82) is 0 Å². The molecule has 0 aliphatic carbocycles. The first-order valence-electron chi connectivity index (χ1n) is 14.2. The number of carbonyl (C=O) groups excluding carboxylic acids is 3. The van der Waals surface area contributed by atoms with Crippen molar-refractivity contribution >= 4 is 37.4 Å². The average Bonchev–Trinajstić information content (AvgIpc) is 3.08. The van der Waals surface area contributed by atoms with Crippen LogP contribution in [0.15, 0.2) is 138 Å². The highest BCUT2D eigenvalue weighted by Gasteiger charge is 2.54. The van der Waals surface area contributed by atoms with Gasteiger partial charge in [0.2, 0.25) is 8.87 Å². The molecule has 2 amide bonds. The first kappa shape index (κ1) is 32.3. The smallest absolute Gasteiger partial charge is 0.364 e. The zero-order valence-electron chi connectivity index (χ0n) is 24.7. The zero-order valence-corrected chi connectivity index (χ0v) is 26.4. The van der Waals surface area contributed by atoms with Gasteiger partial charge in [0.25, 0.3) is 11.8 Å². The van der Waals surface area contributed by atoms with Crippen LogP contribution in [0, 0.1) is 6.92 Å². The summed E-state index contributed by atoms with van der Waals surface area (Å²) in [6.07, 6.45) is -0.845. The Morgan fingerprint density at radius 3 is 1.98 bits per heavy atom. The van der Waals surface area contributed by atoms with Gasteiger partial charge >= 0.3 is 5.97 Å². The number of hydrogen-bond acceptors (Lipinski definition) is 8. The summed E-state index contributed by atoms with van der Waals surface area (Å²) >= 11 is 0. The third-order valence-electron chi connectivity index (χ3n) is 7.04. The van der Waals surface area contributed by atoms with Crippen molar-refractivity contribution in [3.63, 3.8) is 0 Å². The fourth-order valence-corrected chi connectivity index (χ4v) is 8.17. The van der Waals surface area contributed by atoms with Gasteiger partial charge < -0.3 is 14.8 Å². The molecule has 1 heterocycles. The summed E-state index contributed by atoms with van der Waals surface area (Å²) < 4.78 is 38.4. The molecule has 4 aromatic rings. The van der Waals surface area contributed by atoms with Gasteiger partial charge in [0.1, 0.15) is 17.2 Å². The fraction of sp³-hybridized carbons (Fsp3) is 0.143. The number of benzene rings is 4. The summed E-state index contributed by atoms with van der Waals surface area (Å²) in [7, 11) is -3.65. The molecule has 2 atom stereocenters. The molecule has 9 nitrogen and oxygen atoms in total. The largest absolute Gasteiger partial charge is 0.484 e. The summed E-state index contributed by atoms with van der Waals surface area (Å²) in [6, 6.07) is 31.6. The summed E-state index contributed by atoms with van der Waals surface area (Å²) in [6.45, 7) is 5.00. The van der Waals surface area contributed by atoms with Crippen LogP contribution < -0.4 is 10.1 Å². The zero-order chi connectivity index (χ0) is 32.7. The molecule has 0 unspecified atom stereocenters. The van der Waals surface area contributed by atoms with Crippen LogP contribution in [0.5, 0.6) is 5.75 Å². The standard InChI is InChI=1S/C35H30N2O7S2/c1-3-29(35(40)44-32(25-13-7-4-8-14-25)26-15-9-5-10-16-26)37-33(39)31(36-30(38)23-43-27-17-11-6-12-18-27)34(37)45-46(41,42)28-21-19-24(2)20-22-28/h4-22,31-32,34H,1,23H2,2H3,(H,36,38)/t31-,34-/m1/s1. The molecule has 5 rings (SSSR count). The van der Waals surface area contributed by atoms with Gasteiger partial charge in [-0.1, -0.05) is 109 Å². The molecule has 1 aliphatic rings. The number of rotatable bonds is 12. The quantitative estimate of drug-likeness (QED) is 0.0733. The molecule has 1 fully saturated rings. The van der Waals surface area contributed by atoms with Gasteiger partial charge in [-0.05, 0) is 42.3 Å². The number of para-hydroxylation sites is 1. The third kappa shape index (κ3) is 7.40. The first-order valence-corrected chi connectivity index (χ1v) is 17.1. The Morgan fingerprint density at radius 1 is 0.891 bits per heavy atom. The first-order chi connectivity index (χ1) is 22.2. The monoisotopic (exact) mass is 654 g/mol. The van der Waals surface area contributed by atoms with E-state index in [0.717, 1.165) is 10.5 Å². The van der Waals surface area contributed by atoms with Crippen molar-refractivity contribution in [2.45, 2.75) is 29.3 Å². The second-order valence-corrected chi connectivity index (χ2v) is 14.2. The van der Waals surface area contributed by atoms with E-state index in [9.17, 15) is 22.8 Å². The lowest BCUT2D eigenvalue weighted by atomic mass is 10.0. The van der Waals surface area contributed by atoms with Gasteiger partial charge in [0.05, 0.1) is 4.90 Å². The average molecular weight is 655 g/mol. The van der Waals surface area contributed by atoms with Gasteiger partial charge in [0.15, 0.2) is 18.4 Å². The second kappa shape index (κ2) is 14.3. The van der Waals surface area contributed by atoms with Gasteiger partial charge in [-0.3, -0.25) is 14.5 Å². The molecule has 0 spiro atoms. The molecule has 1 N–H and O–H groups in total. The van der Waals surface area contributed by atoms with Gasteiger partial charge in [-0.25, -0.2) is 13.2 Å². The second-order valence-electron chi connectivity index (χ2n) is 10.2. The lowest BCUT2D eigenvalue weighted by molar-refractivity contribution is -0.154. The summed E-state index contributed by atoms with van der Waals surface area (Å²) in [4.78, 5) is 41.0. The van der Waals surface area contributed by atoms with E-state index in [1.54, 1.807) is 91.0 Å². The number of nitrogens with zero attached hydrogens (tertiary/aromatic N) is 1. The van der Waals surface area contributed by atoms with E-state index < -0.39 is 50.8 Å². The predicted octanol–water partition coefficient (Wildman–Crippen LogP) is 5.15. The fourth-order valence-electron chi connectivity index (χ4n) is 4.71. The highest BCUT2D eigenvalue weighted by Crippen LogP contribution is 2.40. The minimum Gasteiger partial charge on any atom is -0.484 e. The van der Waals surface area contributed by atoms with E-state index in [4.69, 9.17) is 9.47 Å². The maximum Gasteiger partial charge on any atom is 0.364 e. The normalized spacial score (nSPS) is 15.8. The van der Waals surface area contributed by atoms with Gasteiger partial charge in [0, 0.05) is 10.8 Å². The van der Waals surface area contributed by atoms with Crippen LogP contribution in [0.4, 0.5) is 0 Å². The Bertz CT molecular complexity index is 1820. The number of β-lactam (4-membered cyclic amide) rings is 1. The van der Waals surface area contributed by atoms with Gasteiger partial charge in [-0.15, -0.1) is 0 Å². The van der Waals surface area contributed by atoms with Crippen molar-refractivity contribution in [3.05, 3.63) is 150 Å². The minimum absolute atomic E-state index is 0.000171. The van der Waals surface area contributed by atoms with E-state index in [-0.39, 0.29) is 10.6 Å².